The van der Waals surface area contributed by atoms with Gasteiger partial charge < -0.3 is 14.8 Å². The highest BCUT2D eigenvalue weighted by atomic mass is 32.2. The van der Waals surface area contributed by atoms with E-state index in [1.165, 1.54) is 11.8 Å². The van der Waals surface area contributed by atoms with Crippen molar-refractivity contribution in [2.24, 2.45) is 0 Å². The van der Waals surface area contributed by atoms with Crippen molar-refractivity contribution in [3.05, 3.63) is 66.2 Å². The van der Waals surface area contributed by atoms with Crippen LogP contribution in [0.3, 0.4) is 0 Å². The van der Waals surface area contributed by atoms with Crippen LogP contribution in [0, 0.1) is 0 Å². The lowest BCUT2D eigenvalue weighted by molar-refractivity contribution is 0.217. The Balaban J connectivity index is 1.68. The zero-order valence-corrected chi connectivity index (χ0v) is 18.9. The lowest BCUT2D eigenvalue weighted by Crippen LogP contribution is -2.19. The third kappa shape index (κ3) is 3.84. The van der Waals surface area contributed by atoms with Gasteiger partial charge in [0.25, 0.3) is 0 Å². The number of unbranched alkanes of at least 4 members (excludes halogenated alkanes) is 1. The second-order valence-electron chi connectivity index (χ2n) is 7.54. The lowest BCUT2D eigenvalue weighted by atomic mass is 10.0. The monoisotopic (exact) mass is 444 g/mol. The fourth-order valence-corrected chi connectivity index (χ4v) is 4.16. The lowest BCUT2D eigenvalue weighted by Gasteiger charge is -2.23. The molecule has 7 heteroatoms. The summed E-state index contributed by atoms with van der Waals surface area (Å²) in [6.45, 7) is 2.81. The number of hydrogen-bond donors (Lipinski definition) is 1. The first-order valence-electron chi connectivity index (χ1n) is 10.7. The number of para-hydroxylation sites is 1. The number of aromatic nitrogens is 3. The number of nitrogens with one attached hydrogen (secondary N) is 1. The van der Waals surface area contributed by atoms with E-state index in [1.807, 2.05) is 48.7 Å². The van der Waals surface area contributed by atoms with E-state index in [9.17, 15) is 0 Å². The molecule has 0 bridgehead atoms. The average Bonchev–Trinajstić information content (AvgIpc) is 3.00. The van der Waals surface area contributed by atoms with Crippen molar-refractivity contribution in [3.8, 4) is 22.9 Å². The SMILES string of the molecule is CCCCOc1ccc2ccccc2c1C1Nc2ccccc2-c2nnc(SC)nc2O1. The molecule has 2 heterocycles. The Morgan fingerprint density at radius 2 is 1.88 bits per heavy atom. The Hall–Kier alpha value is -3.32. The maximum Gasteiger partial charge on any atom is 0.247 e. The number of nitrogens with zero attached hydrogens (tertiary/aromatic N) is 3. The van der Waals surface area contributed by atoms with Crippen LogP contribution in [-0.4, -0.2) is 28.0 Å². The third-order valence-electron chi connectivity index (χ3n) is 5.46. The Kier molecular flexibility index (Phi) is 5.81. The van der Waals surface area contributed by atoms with Crippen molar-refractivity contribution in [3.63, 3.8) is 0 Å². The highest BCUT2D eigenvalue weighted by Gasteiger charge is 2.29. The van der Waals surface area contributed by atoms with E-state index in [4.69, 9.17) is 9.47 Å². The molecule has 4 aromatic rings. The van der Waals surface area contributed by atoms with Gasteiger partial charge in [-0.3, -0.25) is 0 Å². The number of fused-ring (bicyclic) bond motifs is 4. The second kappa shape index (κ2) is 9.04. The molecule has 1 aliphatic rings. The molecule has 0 saturated carbocycles. The van der Waals surface area contributed by atoms with Crippen LogP contribution in [0.1, 0.15) is 31.6 Å². The minimum absolute atomic E-state index is 0.458. The number of thioether (sulfide) groups is 1. The minimum atomic E-state index is -0.508. The summed E-state index contributed by atoms with van der Waals surface area (Å²) in [6, 6.07) is 20.4. The molecule has 1 aromatic heterocycles. The van der Waals surface area contributed by atoms with E-state index >= 15 is 0 Å². The molecule has 6 nitrogen and oxygen atoms in total. The normalized spacial score (nSPS) is 14.6. The summed E-state index contributed by atoms with van der Waals surface area (Å²) in [6.07, 6.45) is 3.48. The molecule has 0 radical (unpaired) electrons. The fraction of sp³-hybridized carbons (Fsp3) is 0.240. The van der Waals surface area contributed by atoms with Gasteiger partial charge in [-0.2, -0.15) is 4.98 Å². The van der Waals surface area contributed by atoms with Gasteiger partial charge in [0.15, 0.2) is 5.69 Å². The molecule has 0 aliphatic carbocycles. The molecule has 0 fully saturated rings. The van der Waals surface area contributed by atoms with E-state index in [-0.39, 0.29) is 0 Å². The van der Waals surface area contributed by atoms with Crippen molar-refractivity contribution in [2.75, 3.05) is 18.2 Å². The molecule has 1 N–H and O–H groups in total. The molecule has 5 rings (SSSR count). The van der Waals surface area contributed by atoms with E-state index in [0.717, 1.165) is 46.2 Å². The molecule has 1 aliphatic heterocycles. The molecule has 1 atom stereocenters. The van der Waals surface area contributed by atoms with Gasteiger partial charge in [0, 0.05) is 11.3 Å². The number of anilines is 1. The fourth-order valence-electron chi connectivity index (χ4n) is 3.86. The van der Waals surface area contributed by atoms with Gasteiger partial charge in [-0.05, 0) is 35.6 Å². The van der Waals surface area contributed by atoms with Gasteiger partial charge in [0.1, 0.15) is 5.75 Å². The molecular weight excluding hydrogens is 420 g/mol. The molecule has 0 amide bonds. The Bertz CT molecular complexity index is 1260. The van der Waals surface area contributed by atoms with Gasteiger partial charge in [-0.15, -0.1) is 10.2 Å². The molecule has 0 spiro atoms. The van der Waals surface area contributed by atoms with Crippen molar-refractivity contribution >= 4 is 28.2 Å². The summed E-state index contributed by atoms with van der Waals surface area (Å²) < 4.78 is 12.7. The quantitative estimate of drug-likeness (QED) is 0.285. The predicted octanol–water partition coefficient (Wildman–Crippen LogP) is 6.10. The number of ether oxygens (including phenoxy) is 2. The first kappa shape index (κ1) is 20.6. The van der Waals surface area contributed by atoms with E-state index in [0.29, 0.717) is 23.3 Å². The Labute approximate surface area is 191 Å². The van der Waals surface area contributed by atoms with Gasteiger partial charge in [-0.1, -0.05) is 73.6 Å². The summed E-state index contributed by atoms with van der Waals surface area (Å²) in [5.74, 6) is 1.27. The van der Waals surface area contributed by atoms with Gasteiger partial charge in [-0.25, -0.2) is 0 Å². The van der Waals surface area contributed by atoms with Crippen LogP contribution in [0.15, 0.2) is 65.8 Å². The summed E-state index contributed by atoms with van der Waals surface area (Å²) >= 11 is 1.44. The van der Waals surface area contributed by atoms with Crippen molar-refractivity contribution in [1.82, 2.24) is 15.2 Å². The third-order valence-corrected chi connectivity index (χ3v) is 6.00. The molecule has 32 heavy (non-hydrogen) atoms. The number of rotatable bonds is 6. The van der Waals surface area contributed by atoms with Gasteiger partial charge >= 0.3 is 0 Å². The van der Waals surface area contributed by atoms with Crippen LogP contribution in [-0.2, 0) is 0 Å². The Morgan fingerprint density at radius 1 is 1.03 bits per heavy atom. The Morgan fingerprint density at radius 3 is 2.75 bits per heavy atom. The van der Waals surface area contributed by atoms with Crippen LogP contribution in [0.4, 0.5) is 5.69 Å². The van der Waals surface area contributed by atoms with E-state index < -0.39 is 6.23 Å². The summed E-state index contributed by atoms with van der Waals surface area (Å²) in [5, 5.41) is 15.0. The smallest absolute Gasteiger partial charge is 0.247 e. The molecular formula is C25H24N4O2S. The highest BCUT2D eigenvalue weighted by molar-refractivity contribution is 7.98. The van der Waals surface area contributed by atoms with Gasteiger partial charge in [0.05, 0.1) is 12.2 Å². The first-order chi connectivity index (χ1) is 15.8. The number of hydrogen-bond acceptors (Lipinski definition) is 7. The molecule has 0 saturated heterocycles. The molecule has 1 unspecified atom stereocenters. The second-order valence-corrected chi connectivity index (χ2v) is 8.31. The van der Waals surface area contributed by atoms with Crippen molar-refractivity contribution in [2.45, 2.75) is 31.1 Å². The van der Waals surface area contributed by atoms with Crippen LogP contribution < -0.4 is 14.8 Å². The standard InChI is InChI=1S/C25H24N4O2S/c1-3-4-15-30-20-14-13-16-9-5-6-10-17(16)21(20)23-26-19-12-8-7-11-18(19)22-24(31-23)27-25(32-2)29-28-22/h5-14,23,26H,3-4,15H2,1-2H3. The van der Waals surface area contributed by atoms with Crippen molar-refractivity contribution < 1.29 is 9.47 Å². The zero-order chi connectivity index (χ0) is 21.9. The van der Waals surface area contributed by atoms with Crippen LogP contribution >= 0.6 is 11.8 Å². The predicted molar refractivity (Wildman–Crippen MR) is 128 cm³/mol. The first-order valence-corrected chi connectivity index (χ1v) is 12.0. The van der Waals surface area contributed by atoms with Crippen LogP contribution in [0.25, 0.3) is 22.0 Å². The topological polar surface area (TPSA) is 69.2 Å². The largest absolute Gasteiger partial charge is 0.493 e. The minimum Gasteiger partial charge on any atom is -0.493 e. The summed E-state index contributed by atoms with van der Waals surface area (Å²) in [4.78, 5) is 4.64. The van der Waals surface area contributed by atoms with E-state index in [1.54, 1.807) is 0 Å². The van der Waals surface area contributed by atoms with Crippen LogP contribution in [0.2, 0.25) is 0 Å². The number of benzene rings is 3. The van der Waals surface area contributed by atoms with Crippen molar-refractivity contribution in [1.29, 1.82) is 0 Å². The average molecular weight is 445 g/mol. The highest BCUT2D eigenvalue weighted by Crippen LogP contribution is 2.43. The van der Waals surface area contributed by atoms with Crippen LogP contribution in [0.5, 0.6) is 11.6 Å². The maximum atomic E-state index is 6.50. The summed E-state index contributed by atoms with van der Waals surface area (Å²) in [7, 11) is 0. The zero-order valence-electron chi connectivity index (χ0n) is 18.0. The van der Waals surface area contributed by atoms with Gasteiger partial charge in [0.2, 0.25) is 17.3 Å². The summed E-state index contributed by atoms with van der Waals surface area (Å²) in [5.41, 5.74) is 3.40. The molecule has 3 aromatic carbocycles. The maximum absolute atomic E-state index is 6.50. The van der Waals surface area contributed by atoms with E-state index in [2.05, 4.69) is 45.6 Å². The molecule has 162 valence electrons.